The molecule has 0 aliphatic heterocycles. The Morgan fingerprint density at radius 3 is 2.75 bits per heavy atom. The van der Waals surface area contributed by atoms with Gasteiger partial charge in [0.15, 0.2) is 11.6 Å². The van der Waals surface area contributed by atoms with Crippen molar-refractivity contribution in [2.75, 3.05) is 18.6 Å². The zero-order valence-electron chi connectivity index (χ0n) is 9.59. The molecular weight excluding hydrogens is 228 g/mol. The predicted octanol–water partition coefficient (Wildman–Crippen LogP) is 2.85. The van der Waals surface area contributed by atoms with E-state index in [1.54, 1.807) is 23.9 Å². The van der Waals surface area contributed by atoms with E-state index in [9.17, 15) is 8.78 Å². The lowest BCUT2D eigenvalue weighted by molar-refractivity contribution is 0.486. The van der Waals surface area contributed by atoms with Crippen LogP contribution < -0.4 is 5.32 Å². The van der Waals surface area contributed by atoms with Crippen LogP contribution in [-0.4, -0.2) is 24.6 Å². The Morgan fingerprint density at radius 2 is 2.12 bits per heavy atom. The smallest absolute Gasteiger partial charge is 0.162 e. The first-order valence-corrected chi connectivity index (χ1v) is 6.73. The minimum atomic E-state index is -0.767. The molecule has 1 nitrogen and oxygen atoms in total. The monoisotopic (exact) mass is 245 g/mol. The fourth-order valence-electron chi connectivity index (χ4n) is 1.65. The van der Waals surface area contributed by atoms with E-state index in [0.29, 0.717) is 12.0 Å². The first-order chi connectivity index (χ1) is 7.69. The zero-order valence-corrected chi connectivity index (χ0v) is 10.4. The second-order valence-electron chi connectivity index (χ2n) is 3.63. The molecule has 90 valence electrons. The van der Waals surface area contributed by atoms with Crippen LogP contribution in [0.15, 0.2) is 18.2 Å². The van der Waals surface area contributed by atoms with Crippen LogP contribution in [0.4, 0.5) is 8.78 Å². The van der Waals surface area contributed by atoms with Crippen molar-refractivity contribution in [2.24, 2.45) is 0 Å². The van der Waals surface area contributed by atoms with E-state index in [1.807, 2.05) is 13.2 Å². The molecule has 0 aliphatic rings. The third kappa shape index (κ3) is 3.76. The zero-order chi connectivity index (χ0) is 12.0. The van der Waals surface area contributed by atoms with Crippen LogP contribution in [0.3, 0.4) is 0 Å². The number of thioether (sulfide) groups is 1. The molecule has 1 atom stereocenters. The molecule has 0 saturated heterocycles. The molecule has 1 aromatic carbocycles. The summed E-state index contributed by atoms with van der Waals surface area (Å²) in [5.74, 6) is -0.590. The molecule has 16 heavy (non-hydrogen) atoms. The van der Waals surface area contributed by atoms with Gasteiger partial charge in [-0.05, 0) is 30.9 Å². The average Bonchev–Trinajstić information content (AvgIpc) is 2.25. The summed E-state index contributed by atoms with van der Waals surface area (Å²) in [7, 11) is 0. The van der Waals surface area contributed by atoms with Gasteiger partial charge in [-0.1, -0.05) is 19.1 Å². The van der Waals surface area contributed by atoms with Crippen molar-refractivity contribution >= 4 is 11.8 Å². The molecule has 1 aromatic rings. The highest BCUT2D eigenvalue weighted by molar-refractivity contribution is 7.98. The maximum Gasteiger partial charge on any atom is 0.162 e. The quantitative estimate of drug-likeness (QED) is 0.827. The molecule has 0 aliphatic carbocycles. The summed E-state index contributed by atoms with van der Waals surface area (Å²) in [5.41, 5.74) is 0.444. The molecule has 0 fully saturated rings. The summed E-state index contributed by atoms with van der Waals surface area (Å²) in [6, 6.07) is 4.53. The topological polar surface area (TPSA) is 12.0 Å². The van der Waals surface area contributed by atoms with Crippen molar-refractivity contribution in [1.29, 1.82) is 0 Å². The summed E-state index contributed by atoms with van der Waals surface area (Å²) in [6.07, 6.45) is 2.53. The average molecular weight is 245 g/mol. The number of hydrogen-bond acceptors (Lipinski definition) is 2. The Morgan fingerprint density at radius 1 is 1.38 bits per heavy atom. The van der Waals surface area contributed by atoms with Gasteiger partial charge in [0.25, 0.3) is 0 Å². The largest absolute Gasteiger partial charge is 0.313 e. The molecule has 0 aromatic heterocycles. The lowest BCUT2D eigenvalue weighted by atomic mass is 10.1. The van der Waals surface area contributed by atoms with Crippen molar-refractivity contribution in [2.45, 2.75) is 19.4 Å². The van der Waals surface area contributed by atoms with Crippen LogP contribution in [0.5, 0.6) is 0 Å². The van der Waals surface area contributed by atoms with Gasteiger partial charge < -0.3 is 5.32 Å². The first kappa shape index (κ1) is 13.5. The van der Waals surface area contributed by atoms with E-state index in [-0.39, 0.29) is 6.04 Å². The number of benzene rings is 1. The van der Waals surface area contributed by atoms with Crippen molar-refractivity contribution in [1.82, 2.24) is 5.32 Å². The van der Waals surface area contributed by atoms with Gasteiger partial charge in [0.2, 0.25) is 0 Å². The molecule has 0 amide bonds. The number of hydrogen-bond donors (Lipinski definition) is 1. The lowest BCUT2D eigenvalue weighted by Crippen LogP contribution is -2.33. The fraction of sp³-hybridized carbons (Fsp3) is 0.500. The van der Waals surface area contributed by atoms with Crippen molar-refractivity contribution in [3.63, 3.8) is 0 Å². The fourth-order valence-corrected chi connectivity index (χ4v) is 2.29. The summed E-state index contributed by atoms with van der Waals surface area (Å²) in [5, 5.41) is 3.27. The van der Waals surface area contributed by atoms with Crippen LogP contribution in [0.25, 0.3) is 0 Å². The number of likely N-dealkylation sites (N-methyl/N-ethyl adjacent to an activating group) is 1. The van der Waals surface area contributed by atoms with Gasteiger partial charge in [-0.3, -0.25) is 0 Å². The number of halogens is 2. The molecule has 0 heterocycles. The summed E-state index contributed by atoms with van der Waals surface area (Å²) < 4.78 is 26.4. The maximum atomic E-state index is 13.4. The van der Waals surface area contributed by atoms with Crippen LogP contribution in [0.1, 0.15) is 12.5 Å². The van der Waals surface area contributed by atoms with Gasteiger partial charge in [-0.2, -0.15) is 11.8 Å². The Hall–Kier alpha value is -0.610. The van der Waals surface area contributed by atoms with E-state index in [1.165, 1.54) is 0 Å². The molecule has 4 heteroatoms. The summed E-state index contributed by atoms with van der Waals surface area (Å²) in [4.78, 5) is 0. The van der Waals surface area contributed by atoms with Gasteiger partial charge in [0.05, 0.1) is 0 Å². The van der Waals surface area contributed by atoms with Crippen molar-refractivity contribution in [3.8, 4) is 0 Å². The van der Waals surface area contributed by atoms with Crippen LogP contribution in [0.2, 0.25) is 0 Å². The molecular formula is C12H17F2NS. The molecule has 0 bridgehead atoms. The molecule has 1 rings (SSSR count). The first-order valence-electron chi connectivity index (χ1n) is 5.34. The minimum absolute atomic E-state index is 0.191. The maximum absolute atomic E-state index is 13.4. The van der Waals surface area contributed by atoms with Gasteiger partial charge >= 0.3 is 0 Å². The van der Waals surface area contributed by atoms with Crippen molar-refractivity contribution < 1.29 is 8.78 Å². The summed E-state index contributed by atoms with van der Waals surface area (Å²) in [6.45, 7) is 2.84. The van der Waals surface area contributed by atoms with E-state index in [0.717, 1.165) is 18.4 Å². The third-order valence-corrected chi connectivity index (χ3v) is 3.09. The molecule has 0 saturated carbocycles. The number of rotatable bonds is 6. The molecule has 1 unspecified atom stereocenters. The van der Waals surface area contributed by atoms with E-state index >= 15 is 0 Å². The highest BCUT2D eigenvalue weighted by Gasteiger charge is 2.13. The van der Waals surface area contributed by atoms with Crippen LogP contribution in [-0.2, 0) is 6.42 Å². The second kappa shape index (κ2) is 6.86. The predicted molar refractivity (Wildman–Crippen MR) is 65.9 cm³/mol. The Balaban J connectivity index is 2.72. The van der Waals surface area contributed by atoms with Crippen LogP contribution in [0, 0.1) is 11.6 Å². The SMILES string of the molecule is CCNC(CSC)Cc1cccc(F)c1F. The highest BCUT2D eigenvalue weighted by atomic mass is 32.2. The second-order valence-corrected chi connectivity index (χ2v) is 4.54. The highest BCUT2D eigenvalue weighted by Crippen LogP contribution is 2.14. The molecule has 1 N–H and O–H groups in total. The van der Waals surface area contributed by atoms with Gasteiger partial charge in [-0.25, -0.2) is 8.78 Å². The Bertz CT molecular complexity index is 325. The van der Waals surface area contributed by atoms with Gasteiger partial charge in [-0.15, -0.1) is 0 Å². The standard InChI is InChI=1S/C12H17F2NS/c1-3-15-10(8-16-2)7-9-5-4-6-11(13)12(9)14/h4-6,10,15H,3,7-8H2,1-2H3. The molecule has 0 spiro atoms. The van der Waals surface area contributed by atoms with Crippen molar-refractivity contribution in [3.05, 3.63) is 35.4 Å². The van der Waals surface area contributed by atoms with Gasteiger partial charge in [0, 0.05) is 11.8 Å². The summed E-state index contributed by atoms with van der Waals surface area (Å²) >= 11 is 1.70. The Kier molecular flexibility index (Phi) is 5.77. The molecule has 0 radical (unpaired) electrons. The van der Waals surface area contributed by atoms with E-state index in [4.69, 9.17) is 0 Å². The normalized spacial score (nSPS) is 12.8. The third-order valence-electron chi connectivity index (χ3n) is 2.36. The van der Waals surface area contributed by atoms with Crippen LogP contribution >= 0.6 is 11.8 Å². The van der Waals surface area contributed by atoms with E-state index in [2.05, 4.69) is 5.32 Å². The Labute approximate surface area is 99.6 Å². The minimum Gasteiger partial charge on any atom is -0.313 e. The van der Waals surface area contributed by atoms with E-state index < -0.39 is 11.6 Å². The number of nitrogens with one attached hydrogen (secondary N) is 1. The van der Waals surface area contributed by atoms with Gasteiger partial charge in [0.1, 0.15) is 0 Å². The lowest BCUT2D eigenvalue weighted by Gasteiger charge is -2.17.